The zero-order valence-corrected chi connectivity index (χ0v) is 10.1. The number of nitrogens with zero attached hydrogens (tertiary/aromatic N) is 3. The van der Waals surface area contributed by atoms with E-state index in [4.69, 9.17) is 10.5 Å². The maximum absolute atomic E-state index is 5.46. The topological polar surface area (TPSA) is 76.3 Å². The fraction of sp³-hybridized carbons (Fsp3) is 0.636. The quantitative estimate of drug-likeness (QED) is 0.767. The van der Waals surface area contributed by atoms with E-state index in [2.05, 4.69) is 20.2 Å². The first kappa shape index (κ1) is 12.1. The number of hydrogen-bond donors (Lipinski definition) is 2. The Morgan fingerprint density at radius 3 is 2.88 bits per heavy atom. The zero-order chi connectivity index (χ0) is 12.1. The van der Waals surface area contributed by atoms with Crippen molar-refractivity contribution in [3.05, 3.63) is 11.9 Å². The van der Waals surface area contributed by atoms with Crippen molar-refractivity contribution in [1.82, 2.24) is 9.97 Å². The second-order valence-corrected chi connectivity index (χ2v) is 3.97. The summed E-state index contributed by atoms with van der Waals surface area (Å²) in [5.74, 6) is 2.57. The highest BCUT2D eigenvalue weighted by atomic mass is 16.5. The maximum Gasteiger partial charge on any atom is 0.134 e. The molecule has 94 valence electrons. The molecule has 3 N–H and O–H groups in total. The van der Waals surface area contributed by atoms with Crippen LogP contribution in [0.2, 0.25) is 0 Å². The largest absolute Gasteiger partial charge is 0.378 e. The molecule has 1 saturated heterocycles. The molecule has 1 aromatic heterocycles. The Balaban J connectivity index is 2.12. The molecule has 0 aliphatic carbocycles. The van der Waals surface area contributed by atoms with Gasteiger partial charge in [-0.05, 0) is 6.92 Å². The SMILES string of the molecule is Cc1nc(NCCN)cc(N2CCOCC2)n1. The summed E-state index contributed by atoms with van der Waals surface area (Å²) in [5.41, 5.74) is 5.46. The molecule has 0 aromatic carbocycles. The van der Waals surface area contributed by atoms with E-state index in [1.54, 1.807) is 0 Å². The van der Waals surface area contributed by atoms with Gasteiger partial charge in [0.25, 0.3) is 0 Å². The molecule has 0 spiro atoms. The number of ether oxygens (including phenoxy) is 1. The number of nitrogens with one attached hydrogen (secondary N) is 1. The fourth-order valence-electron chi connectivity index (χ4n) is 1.80. The molecule has 1 aliphatic rings. The van der Waals surface area contributed by atoms with E-state index in [1.807, 2.05) is 13.0 Å². The summed E-state index contributed by atoms with van der Waals surface area (Å²) in [6.07, 6.45) is 0. The van der Waals surface area contributed by atoms with Gasteiger partial charge >= 0.3 is 0 Å². The van der Waals surface area contributed by atoms with Crippen molar-refractivity contribution in [3.8, 4) is 0 Å². The van der Waals surface area contributed by atoms with Crippen molar-refractivity contribution < 1.29 is 4.74 Å². The van der Waals surface area contributed by atoms with Crippen LogP contribution in [0.25, 0.3) is 0 Å². The predicted octanol–water partition coefficient (Wildman–Crippen LogP) is -0.00778. The van der Waals surface area contributed by atoms with Gasteiger partial charge in [-0.2, -0.15) is 0 Å². The van der Waals surface area contributed by atoms with Crippen LogP contribution in [0.3, 0.4) is 0 Å². The van der Waals surface area contributed by atoms with E-state index < -0.39 is 0 Å². The fourth-order valence-corrected chi connectivity index (χ4v) is 1.80. The molecular formula is C11H19N5O. The van der Waals surface area contributed by atoms with Crippen molar-refractivity contribution in [2.24, 2.45) is 5.73 Å². The van der Waals surface area contributed by atoms with Crippen LogP contribution in [0, 0.1) is 6.92 Å². The molecule has 0 amide bonds. The number of hydrogen-bond acceptors (Lipinski definition) is 6. The van der Waals surface area contributed by atoms with Crippen LogP contribution in [0.15, 0.2) is 6.07 Å². The van der Waals surface area contributed by atoms with E-state index in [-0.39, 0.29) is 0 Å². The van der Waals surface area contributed by atoms with E-state index in [0.29, 0.717) is 6.54 Å². The highest BCUT2D eigenvalue weighted by Gasteiger charge is 2.13. The van der Waals surface area contributed by atoms with Crippen molar-refractivity contribution in [2.75, 3.05) is 49.6 Å². The third-order valence-electron chi connectivity index (χ3n) is 2.61. The number of morpholine rings is 1. The van der Waals surface area contributed by atoms with Gasteiger partial charge in [-0.1, -0.05) is 0 Å². The third kappa shape index (κ3) is 3.28. The minimum absolute atomic E-state index is 0.593. The molecular weight excluding hydrogens is 218 g/mol. The van der Waals surface area contributed by atoms with Crippen molar-refractivity contribution in [3.63, 3.8) is 0 Å². The molecule has 1 fully saturated rings. The molecule has 2 heterocycles. The molecule has 1 aliphatic heterocycles. The molecule has 1 aromatic rings. The van der Waals surface area contributed by atoms with Crippen LogP contribution in [0.1, 0.15) is 5.82 Å². The zero-order valence-electron chi connectivity index (χ0n) is 10.1. The summed E-state index contributed by atoms with van der Waals surface area (Å²) in [5, 5.41) is 3.18. The summed E-state index contributed by atoms with van der Waals surface area (Å²) in [4.78, 5) is 11.0. The van der Waals surface area contributed by atoms with Crippen LogP contribution in [0.5, 0.6) is 0 Å². The van der Waals surface area contributed by atoms with Crippen molar-refractivity contribution in [1.29, 1.82) is 0 Å². The Labute approximate surface area is 101 Å². The first-order valence-electron chi connectivity index (χ1n) is 5.92. The van der Waals surface area contributed by atoms with Crippen LogP contribution in [-0.2, 0) is 4.74 Å². The molecule has 0 unspecified atom stereocenters. The monoisotopic (exact) mass is 237 g/mol. The van der Waals surface area contributed by atoms with Crippen LogP contribution in [-0.4, -0.2) is 49.4 Å². The van der Waals surface area contributed by atoms with Gasteiger partial charge in [-0.15, -0.1) is 0 Å². The Hall–Kier alpha value is -1.40. The minimum atomic E-state index is 0.593. The Morgan fingerprint density at radius 1 is 1.41 bits per heavy atom. The predicted molar refractivity (Wildman–Crippen MR) is 67.3 cm³/mol. The normalized spacial score (nSPS) is 16.0. The molecule has 0 radical (unpaired) electrons. The lowest BCUT2D eigenvalue weighted by Crippen LogP contribution is -2.37. The molecule has 6 heteroatoms. The lowest BCUT2D eigenvalue weighted by atomic mass is 10.4. The average molecular weight is 237 g/mol. The number of aryl methyl sites for hydroxylation is 1. The molecule has 2 rings (SSSR count). The molecule has 17 heavy (non-hydrogen) atoms. The second-order valence-electron chi connectivity index (χ2n) is 3.97. The summed E-state index contributed by atoms with van der Waals surface area (Å²) in [7, 11) is 0. The highest BCUT2D eigenvalue weighted by Crippen LogP contribution is 2.16. The summed E-state index contributed by atoms with van der Waals surface area (Å²) in [6, 6.07) is 1.97. The van der Waals surface area contributed by atoms with E-state index in [0.717, 1.165) is 50.3 Å². The molecule has 0 bridgehead atoms. The van der Waals surface area contributed by atoms with Gasteiger partial charge in [0, 0.05) is 32.2 Å². The first-order chi connectivity index (χ1) is 8.29. The Morgan fingerprint density at radius 2 is 2.18 bits per heavy atom. The van der Waals surface area contributed by atoms with E-state index in [9.17, 15) is 0 Å². The first-order valence-corrected chi connectivity index (χ1v) is 5.92. The van der Waals surface area contributed by atoms with E-state index >= 15 is 0 Å². The number of nitrogens with two attached hydrogens (primary N) is 1. The van der Waals surface area contributed by atoms with Crippen molar-refractivity contribution in [2.45, 2.75) is 6.92 Å². The third-order valence-corrected chi connectivity index (χ3v) is 2.61. The van der Waals surface area contributed by atoms with Gasteiger partial charge in [0.2, 0.25) is 0 Å². The van der Waals surface area contributed by atoms with E-state index in [1.165, 1.54) is 0 Å². The Bertz CT molecular complexity index is 365. The second kappa shape index (κ2) is 5.79. The van der Waals surface area contributed by atoms with Crippen LogP contribution < -0.4 is 16.0 Å². The van der Waals surface area contributed by atoms with Gasteiger partial charge in [0.1, 0.15) is 17.5 Å². The van der Waals surface area contributed by atoms with Gasteiger partial charge in [0.05, 0.1) is 13.2 Å². The Kier molecular flexibility index (Phi) is 4.11. The van der Waals surface area contributed by atoms with Gasteiger partial charge in [-0.25, -0.2) is 9.97 Å². The molecule has 0 saturated carbocycles. The van der Waals surface area contributed by atoms with Gasteiger partial charge in [0.15, 0.2) is 0 Å². The van der Waals surface area contributed by atoms with Crippen LogP contribution >= 0.6 is 0 Å². The maximum atomic E-state index is 5.46. The summed E-state index contributed by atoms with van der Waals surface area (Å²) < 4.78 is 5.33. The average Bonchev–Trinajstić information content (AvgIpc) is 2.37. The number of anilines is 2. The van der Waals surface area contributed by atoms with Gasteiger partial charge in [-0.3, -0.25) is 0 Å². The molecule has 6 nitrogen and oxygen atoms in total. The van der Waals surface area contributed by atoms with Gasteiger partial charge < -0.3 is 20.7 Å². The smallest absolute Gasteiger partial charge is 0.134 e. The standard InChI is InChI=1S/C11H19N5O/c1-9-14-10(13-3-2-12)8-11(15-9)16-4-6-17-7-5-16/h8H,2-7,12H2,1H3,(H,13,14,15). The minimum Gasteiger partial charge on any atom is -0.378 e. The summed E-state index contributed by atoms with van der Waals surface area (Å²) in [6.45, 7) is 6.50. The van der Waals surface area contributed by atoms with Crippen molar-refractivity contribution >= 4 is 11.6 Å². The lowest BCUT2D eigenvalue weighted by Gasteiger charge is -2.28. The van der Waals surface area contributed by atoms with Crippen LogP contribution in [0.4, 0.5) is 11.6 Å². The number of aromatic nitrogens is 2. The molecule has 0 atom stereocenters. The summed E-state index contributed by atoms with van der Waals surface area (Å²) >= 11 is 0. The lowest BCUT2D eigenvalue weighted by molar-refractivity contribution is 0.122. The highest BCUT2D eigenvalue weighted by molar-refractivity contribution is 5.49. The number of rotatable bonds is 4.